The summed E-state index contributed by atoms with van der Waals surface area (Å²) in [6.07, 6.45) is 7.97. The van der Waals surface area contributed by atoms with Gasteiger partial charge >= 0.3 is 0 Å². The Labute approximate surface area is 123 Å². The second kappa shape index (κ2) is 5.64. The average molecular weight is 281 g/mol. The minimum atomic E-state index is -0.479. The van der Waals surface area contributed by atoms with Gasteiger partial charge in [-0.15, -0.1) is 0 Å². The number of amides is 1. The largest absolute Gasteiger partial charge is 0.368 e. The molecular weight excluding hydrogens is 250 g/mol. The van der Waals surface area contributed by atoms with Crippen LogP contribution in [0.3, 0.4) is 0 Å². The smallest absolute Gasteiger partial charge is 0.237 e. The van der Waals surface area contributed by atoms with Crippen LogP contribution >= 0.6 is 0 Å². The first-order valence-corrected chi connectivity index (χ1v) is 8.00. The van der Waals surface area contributed by atoms with E-state index < -0.39 is 5.54 Å². The molecule has 3 N–H and O–H groups in total. The van der Waals surface area contributed by atoms with Crippen LogP contribution in [0.2, 0.25) is 0 Å². The van der Waals surface area contributed by atoms with Crippen molar-refractivity contribution in [2.75, 3.05) is 14.1 Å². The number of hydrogen-bond donors (Lipinski definition) is 2. The van der Waals surface area contributed by atoms with Crippen LogP contribution in [0.1, 0.15) is 58.8 Å². The van der Waals surface area contributed by atoms with Crippen molar-refractivity contribution in [2.45, 2.75) is 76.4 Å². The third kappa shape index (κ3) is 3.01. The molecule has 0 spiro atoms. The van der Waals surface area contributed by atoms with Crippen LogP contribution in [0.25, 0.3) is 0 Å². The molecule has 2 saturated carbocycles. The summed E-state index contributed by atoms with van der Waals surface area (Å²) in [6, 6.07) is 1.16. The molecule has 0 aromatic heterocycles. The summed E-state index contributed by atoms with van der Waals surface area (Å²) in [4.78, 5) is 14.3. The maximum Gasteiger partial charge on any atom is 0.237 e. The van der Waals surface area contributed by atoms with E-state index in [-0.39, 0.29) is 5.91 Å². The van der Waals surface area contributed by atoms with Gasteiger partial charge in [0.25, 0.3) is 0 Å². The van der Waals surface area contributed by atoms with E-state index in [0.717, 1.165) is 19.3 Å². The molecule has 4 nitrogen and oxygen atoms in total. The van der Waals surface area contributed by atoms with Gasteiger partial charge in [-0.05, 0) is 64.5 Å². The SMILES string of the molecule is CNC1(C(N)=O)CCC(N(C)C2CCC(C)(C)CC2)C1. The molecule has 20 heavy (non-hydrogen) atoms. The van der Waals surface area contributed by atoms with Gasteiger partial charge in [-0.2, -0.15) is 0 Å². The number of carbonyl (C=O) groups excluding carboxylic acids is 1. The van der Waals surface area contributed by atoms with Crippen LogP contribution in [0.4, 0.5) is 0 Å². The van der Waals surface area contributed by atoms with Crippen molar-refractivity contribution in [3.05, 3.63) is 0 Å². The number of hydrogen-bond acceptors (Lipinski definition) is 3. The fourth-order valence-corrected chi connectivity index (χ4v) is 4.03. The van der Waals surface area contributed by atoms with E-state index in [1.54, 1.807) is 0 Å². The summed E-state index contributed by atoms with van der Waals surface area (Å²) in [6.45, 7) is 4.75. The molecule has 0 bridgehead atoms. The third-order valence-electron chi connectivity index (χ3n) is 5.90. The summed E-state index contributed by atoms with van der Waals surface area (Å²) in [5.74, 6) is -0.194. The van der Waals surface area contributed by atoms with Gasteiger partial charge < -0.3 is 16.0 Å². The van der Waals surface area contributed by atoms with Gasteiger partial charge in [0.05, 0.1) is 5.54 Å². The molecule has 4 heteroatoms. The molecule has 2 aliphatic rings. The predicted octanol–water partition coefficient (Wildman–Crippen LogP) is 1.88. The van der Waals surface area contributed by atoms with Crippen molar-refractivity contribution in [3.8, 4) is 0 Å². The standard InChI is InChI=1S/C16H31N3O/c1-15(2)8-5-12(6-9-15)19(4)13-7-10-16(11-13,18-3)14(17)20/h12-13,18H,5-11H2,1-4H3,(H2,17,20). The molecule has 2 fully saturated rings. The first-order valence-electron chi connectivity index (χ1n) is 8.00. The molecule has 0 radical (unpaired) electrons. The lowest BCUT2D eigenvalue weighted by Crippen LogP contribution is -2.53. The van der Waals surface area contributed by atoms with Crippen LogP contribution in [-0.2, 0) is 4.79 Å². The Kier molecular flexibility index (Phi) is 4.45. The maximum atomic E-state index is 11.7. The second-order valence-corrected chi connectivity index (χ2v) is 7.65. The minimum Gasteiger partial charge on any atom is -0.368 e. The van der Waals surface area contributed by atoms with Gasteiger partial charge in [-0.1, -0.05) is 13.8 Å². The molecule has 0 aliphatic heterocycles. The second-order valence-electron chi connectivity index (χ2n) is 7.65. The highest BCUT2D eigenvalue weighted by molar-refractivity contribution is 5.85. The minimum absolute atomic E-state index is 0.194. The van der Waals surface area contributed by atoms with E-state index in [9.17, 15) is 4.79 Å². The molecule has 2 rings (SSSR count). The molecule has 0 heterocycles. The Morgan fingerprint density at radius 1 is 1.15 bits per heavy atom. The molecule has 2 aliphatic carbocycles. The van der Waals surface area contributed by atoms with Crippen molar-refractivity contribution in [2.24, 2.45) is 11.1 Å². The highest BCUT2D eigenvalue weighted by Crippen LogP contribution is 2.39. The zero-order valence-corrected chi connectivity index (χ0v) is 13.5. The molecule has 116 valence electrons. The quantitative estimate of drug-likeness (QED) is 0.827. The number of nitrogens with zero attached hydrogens (tertiary/aromatic N) is 1. The Hall–Kier alpha value is -0.610. The fraction of sp³-hybridized carbons (Fsp3) is 0.938. The fourth-order valence-electron chi connectivity index (χ4n) is 4.03. The summed E-state index contributed by atoms with van der Waals surface area (Å²) >= 11 is 0. The lowest BCUT2D eigenvalue weighted by molar-refractivity contribution is -0.124. The molecule has 0 saturated heterocycles. The van der Waals surface area contributed by atoms with Crippen LogP contribution in [-0.4, -0.2) is 42.5 Å². The monoisotopic (exact) mass is 281 g/mol. The average Bonchev–Trinajstić information content (AvgIpc) is 2.83. The molecular formula is C16H31N3O. The van der Waals surface area contributed by atoms with Crippen LogP contribution in [0, 0.1) is 5.41 Å². The topological polar surface area (TPSA) is 58.4 Å². The van der Waals surface area contributed by atoms with Gasteiger partial charge in [0.2, 0.25) is 5.91 Å². The van der Waals surface area contributed by atoms with Crippen LogP contribution in [0.15, 0.2) is 0 Å². The van der Waals surface area contributed by atoms with E-state index in [2.05, 4.69) is 31.1 Å². The van der Waals surface area contributed by atoms with Crippen LogP contribution in [0.5, 0.6) is 0 Å². The van der Waals surface area contributed by atoms with Gasteiger partial charge in [0.15, 0.2) is 0 Å². The molecule has 2 unspecified atom stereocenters. The number of rotatable bonds is 4. The maximum absolute atomic E-state index is 11.7. The lowest BCUT2D eigenvalue weighted by atomic mass is 9.75. The first-order chi connectivity index (χ1) is 9.30. The van der Waals surface area contributed by atoms with Crippen molar-refractivity contribution in [3.63, 3.8) is 0 Å². The Bertz CT molecular complexity index is 359. The lowest BCUT2D eigenvalue weighted by Gasteiger charge is -2.41. The molecule has 0 aromatic carbocycles. The van der Waals surface area contributed by atoms with E-state index >= 15 is 0 Å². The highest BCUT2D eigenvalue weighted by atomic mass is 16.1. The zero-order chi connectivity index (χ0) is 15.0. The number of nitrogens with two attached hydrogens (primary N) is 1. The summed E-state index contributed by atoms with van der Waals surface area (Å²) < 4.78 is 0. The predicted molar refractivity (Wildman–Crippen MR) is 82.4 cm³/mol. The van der Waals surface area contributed by atoms with E-state index in [0.29, 0.717) is 17.5 Å². The van der Waals surface area contributed by atoms with Gasteiger partial charge in [0, 0.05) is 12.1 Å². The van der Waals surface area contributed by atoms with E-state index in [1.807, 2.05) is 7.05 Å². The Morgan fingerprint density at radius 3 is 2.15 bits per heavy atom. The molecule has 0 aromatic rings. The third-order valence-corrected chi connectivity index (χ3v) is 5.90. The van der Waals surface area contributed by atoms with Gasteiger partial charge in [-0.3, -0.25) is 4.79 Å². The van der Waals surface area contributed by atoms with Gasteiger partial charge in [0.1, 0.15) is 0 Å². The molecule has 2 atom stereocenters. The Morgan fingerprint density at radius 2 is 1.70 bits per heavy atom. The number of carbonyl (C=O) groups is 1. The zero-order valence-electron chi connectivity index (χ0n) is 13.5. The van der Waals surface area contributed by atoms with Crippen molar-refractivity contribution >= 4 is 5.91 Å². The highest BCUT2D eigenvalue weighted by Gasteiger charge is 2.45. The normalized spacial score (nSPS) is 34.5. The van der Waals surface area contributed by atoms with E-state index in [4.69, 9.17) is 5.73 Å². The number of primary amides is 1. The van der Waals surface area contributed by atoms with E-state index in [1.165, 1.54) is 25.7 Å². The summed E-state index contributed by atoms with van der Waals surface area (Å²) in [5.41, 5.74) is 5.63. The number of likely N-dealkylation sites (N-methyl/N-ethyl adjacent to an activating group) is 1. The van der Waals surface area contributed by atoms with Crippen molar-refractivity contribution in [1.82, 2.24) is 10.2 Å². The molecule has 1 amide bonds. The van der Waals surface area contributed by atoms with Gasteiger partial charge in [-0.25, -0.2) is 0 Å². The van der Waals surface area contributed by atoms with Crippen molar-refractivity contribution < 1.29 is 4.79 Å². The first kappa shape index (κ1) is 15.8. The summed E-state index contributed by atoms with van der Waals surface area (Å²) in [5, 5.41) is 3.18. The van der Waals surface area contributed by atoms with Crippen LogP contribution < -0.4 is 11.1 Å². The number of nitrogens with one attached hydrogen (secondary N) is 1. The van der Waals surface area contributed by atoms with Crippen molar-refractivity contribution in [1.29, 1.82) is 0 Å². The Balaban J connectivity index is 1.95. The summed E-state index contributed by atoms with van der Waals surface area (Å²) in [7, 11) is 4.09.